The van der Waals surface area contributed by atoms with Crippen molar-refractivity contribution in [3.05, 3.63) is 46.8 Å². The first-order valence-corrected chi connectivity index (χ1v) is 8.59. The van der Waals surface area contributed by atoms with Crippen molar-refractivity contribution in [2.45, 2.75) is 0 Å². The van der Waals surface area contributed by atoms with Gasteiger partial charge in [-0.3, -0.25) is 4.79 Å². The Morgan fingerprint density at radius 1 is 1.20 bits per heavy atom. The second-order valence-electron chi connectivity index (χ2n) is 5.56. The van der Waals surface area contributed by atoms with Crippen molar-refractivity contribution in [2.75, 3.05) is 20.3 Å². The third kappa shape index (κ3) is 2.87. The number of fused-ring (bicyclic) bond motifs is 2. The SMILES string of the molecule is COc1cccc(C(=O)N=c2sc3cc4c(cc3n2C)OCCO4)c1. The Hall–Kier alpha value is -2.80. The van der Waals surface area contributed by atoms with Crippen LogP contribution in [-0.2, 0) is 7.05 Å². The van der Waals surface area contributed by atoms with Crippen molar-refractivity contribution in [1.29, 1.82) is 0 Å². The molecule has 0 radical (unpaired) electrons. The first kappa shape index (κ1) is 15.7. The van der Waals surface area contributed by atoms with Crippen molar-refractivity contribution in [3.63, 3.8) is 0 Å². The molecule has 0 fully saturated rings. The summed E-state index contributed by atoms with van der Waals surface area (Å²) in [6.07, 6.45) is 0. The number of carbonyl (C=O) groups is 1. The smallest absolute Gasteiger partial charge is 0.279 e. The number of carbonyl (C=O) groups excluding carboxylic acids is 1. The molecule has 25 heavy (non-hydrogen) atoms. The van der Waals surface area contributed by atoms with Gasteiger partial charge in [-0.05, 0) is 18.2 Å². The third-order valence-corrected chi connectivity index (χ3v) is 5.08. The normalized spacial score (nSPS) is 13.9. The number of aryl methyl sites for hydroxylation is 1. The average molecular weight is 356 g/mol. The fourth-order valence-corrected chi connectivity index (χ4v) is 3.71. The zero-order valence-electron chi connectivity index (χ0n) is 13.8. The molecule has 2 aromatic carbocycles. The standard InChI is InChI=1S/C18H16N2O4S/c1-20-13-9-14-15(24-7-6-23-14)10-16(13)25-18(20)19-17(21)11-4-3-5-12(8-11)22-2/h3-5,8-10H,6-7H2,1-2H3. The van der Waals surface area contributed by atoms with E-state index in [4.69, 9.17) is 14.2 Å². The quantitative estimate of drug-likeness (QED) is 0.708. The number of hydrogen-bond donors (Lipinski definition) is 0. The highest BCUT2D eigenvalue weighted by atomic mass is 32.1. The summed E-state index contributed by atoms with van der Waals surface area (Å²) in [5.41, 5.74) is 1.44. The second kappa shape index (κ2) is 6.25. The maximum atomic E-state index is 12.5. The Balaban J connectivity index is 1.78. The van der Waals surface area contributed by atoms with Crippen LogP contribution < -0.4 is 19.0 Å². The molecule has 0 saturated carbocycles. The van der Waals surface area contributed by atoms with Gasteiger partial charge in [-0.1, -0.05) is 17.4 Å². The lowest BCUT2D eigenvalue weighted by Crippen LogP contribution is -2.15. The van der Waals surface area contributed by atoms with E-state index in [1.807, 2.05) is 23.7 Å². The van der Waals surface area contributed by atoms with Gasteiger partial charge >= 0.3 is 0 Å². The van der Waals surface area contributed by atoms with Crippen LogP contribution in [0.1, 0.15) is 10.4 Å². The van der Waals surface area contributed by atoms with E-state index in [1.54, 1.807) is 31.4 Å². The first-order chi connectivity index (χ1) is 12.2. The van der Waals surface area contributed by atoms with Crippen LogP contribution in [0.3, 0.4) is 0 Å². The van der Waals surface area contributed by atoms with E-state index >= 15 is 0 Å². The van der Waals surface area contributed by atoms with Gasteiger partial charge in [0.1, 0.15) is 19.0 Å². The molecule has 0 unspecified atom stereocenters. The molecule has 3 aromatic rings. The van der Waals surface area contributed by atoms with Crippen LogP contribution in [-0.4, -0.2) is 30.8 Å². The Bertz CT molecular complexity index is 1040. The highest BCUT2D eigenvalue weighted by Crippen LogP contribution is 2.35. The highest BCUT2D eigenvalue weighted by molar-refractivity contribution is 7.16. The van der Waals surface area contributed by atoms with E-state index in [0.29, 0.717) is 29.3 Å². The summed E-state index contributed by atoms with van der Waals surface area (Å²) in [6.45, 7) is 1.08. The maximum Gasteiger partial charge on any atom is 0.279 e. The predicted molar refractivity (Wildman–Crippen MR) is 94.7 cm³/mol. The first-order valence-electron chi connectivity index (χ1n) is 7.78. The van der Waals surface area contributed by atoms with Crippen molar-refractivity contribution < 1.29 is 19.0 Å². The largest absolute Gasteiger partial charge is 0.497 e. The molecule has 7 heteroatoms. The van der Waals surface area contributed by atoms with Crippen LogP contribution in [0.15, 0.2) is 41.4 Å². The number of benzene rings is 2. The number of methoxy groups -OCH3 is 1. The van der Waals surface area contributed by atoms with E-state index in [1.165, 1.54) is 11.3 Å². The fourth-order valence-electron chi connectivity index (χ4n) is 2.68. The molecule has 1 aliphatic heterocycles. The summed E-state index contributed by atoms with van der Waals surface area (Å²) >= 11 is 1.44. The van der Waals surface area contributed by atoms with Gasteiger partial charge in [0.25, 0.3) is 5.91 Å². The predicted octanol–water partition coefficient (Wildman–Crippen LogP) is 2.76. The number of nitrogens with zero attached hydrogens (tertiary/aromatic N) is 2. The summed E-state index contributed by atoms with van der Waals surface area (Å²) in [7, 11) is 3.45. The zero-order chi connectivity index (χ0) is 17.4. The summed E-state index contributed by atoms with van der Waals surface area (Å²) in [4.78, 5) is 17.4. The van der Waals surface area contributed by atoms with E-state index in [2.05, 4.69) is 4.99 Å². The van der Waals surface area contributed by atoms with Gasteiger partial charge in [-0.2, -0.15) is 4.99 Å². The fraction of sp³-hybridized carbons (Fsp3) is 0.222. The van der Waals surface area contributed by atoms with Gasteiger partial charge in [0.2, 0.25) is 0 Å². The van der Waals surface area contributed by atoms with Crippen LogP contribution in [0.25, 0.3) is 10.2 Å². The number of hydrogen-bond acceptors (Lipinski definition) is 5. The molecule has 1 amide bonds. The van der Waals surface area contributed by atoms with Crippen molar-refractivity contribution in [1.82, 2.24) is 4.57 Å². The molecular formula is C18H16N2O4S. The lowest BCUT2D eigenvalue weighted by atomic mass is 10.2. The van der Waals surface area contributed by atoms with Crippen LogP contribution in [0.5, 0.6) is 17.2 Å². The number of amides is 1. The van der Waals surface area contributed by atoms with E-state index < -0.39 is 0 Å². The minimum absolute atomic E-state index is 0.307. The molecule has 4 rings (SSSR count). The lowest BCUT2D eigenvalue weighted by Gasteiger charge is -2.18. The van der Waals surface area contributed by atoms with E-state index in [-0.39, 0.29) is 5.91 Å². The average Bonchev–Trinajstić information content (AvgIpc) is 2.95. The number of ether oxygens (including phenoxy) is 3. The van der Waals surface area contributed by atoms with Crippen LogP contribution in [0.4, 0.5) is 0 Å². The van der Waals surface area contributed by atoms with E-state index in [9.17, 15) is 4.79 Å². The van der Waals surface area contributed by atoms with Crippen LogP contribution >= 0.6 is 11.3 Å². The summed E-state index contributed by atoms with van der Waals surface area (Å²) < 4.78 is 19.3. The second-order valence-corrected chi connectivity index (χ2v) is 6.57. The molecule has 0 saturated heterocycles. The van der Waals surface area contributed by atoms with Crippen molar-refractivity contribution >= 4 is 27.5 Å². The highest BCUT2D eigenvalue weighted by Gasteiger charge is 2.15. The minimum atomic E-state index is -0.307. The van der Waals surface area contributed by atoms with Gasteiger partial charge < -0.3 is 18.8 Å². The summed E-state index contributed by atoms with van der Waals surface area (Å²) in [5, 5.41) is 0. The van der Waals surface area contributed by atoms with E-state index in [0.717, 1.165) is 21.7 Å². The molecule has 0 spiro atoms. The molecule has 2 heterocycles. The topological polar surface area (TPSA) is 62.0 Å². The van der Waals surface area contributed by atoms with Gasteiger partial charge in [0.15, 0.2) is 16.3 Å². The Labute approximate surface area is 147 Å². The van der Waals surface area contributed by atoms with Gasteiger partial charge in [0, 0.05) is 24.7 Å². The maximum absolute atomic E-state index is 12.5. The summed E-state index contributed by atoms with van der Waals surface area (Å²) in [5.74, 6) is 1.77. The van der Waals surface area contributed by atoms with Gasteiger partial charge in [-0.15, -0.1) is 0 Å². The molecule has 6 nitrogen and oxygen atoms in total. The van der Waals surface area contributed by atoms with Crippen molar-refractivity contribution in [2.24, 2.45) is 12.0 Å². The molecule has 0 aliphatic carbocycles. The summed E-state index contributed by atoms with van der Waals surface area (Å²) in [6, 6.07) is 10.8. The third-order valence-electron chi connectivity index (χ3n) is 3.99. The molecule has 0 atom stereocenters. The Morgan fingerprint density at radius 2 is 1.96 bits per heavy atom. The van der Waals surface area contributed by atoms with Gasteiger partial charge in [-0.25, -0.2) is 0 Å². The lowest BCUT2D eigenvalue weighted by molar-refractivity contribution is 0.0997. The Morgan fingerprint density at radius 3 is 2.72 bits per heavy atom. The van der Waals surface area contributed by atoms with Crippen molar-refractivity contribution in [3.8, 4) is 17.2 Å². The number of thiazole rings is 1. The molecule has 1 aliphatic rings. The molecular weight excluding hydrogens is 340 g/mol. The minimum Gasteiger partial charge on any atom is -0.497 e. The monoisotopic (exact) mass is 356 g/mol. The Kier molecular flexibility index (Phi) is 3.93. The van der Waals surface area contributed by atoms with Crippen LogP contribution in [0, 0.1) is 0 Å². The van der Waals surface area contributed by atoms with Gasteiger partial charge in [0.05, 0.1) is 17.3 Å². The zero-order valence-corrected chi connectivity index (χ0v) is 14.6. The number of rotatable bonds is 2. The molecule has 1 aromatic heterocycles. The molecule has 0 bridgehead atoms. The number of aromatic nitrogens is 1. The molecule has 0 N–H and O–H groups in total. The molecule has 128 valence electrons. The van der Waals surface area contributed by atoms with Crippen LogP contribution in [0.2, 0.25) is 0 Å².